The van der Waals surface area contributed by atoms with Gasteiger partial charge in [0.05, 0.1) is 10.7 Å². The monoisotopic (exact) mass is 280 g/mol. The maximum absolute atomic E-state index is 6.01. The minimum Gasteiger partial charge on any atom is -0.302 e. The number of benzene rings is 1. The fraction of sp³-hybridized carbons (Fsp3) is 0.357. The SMILES string of the molecule is Cc1nc(C(C)N[C@@H](C)c2cccc(Cl)c2)cs1. The molecule has 2 nitrogen and oxygen atoms in total. The summed E-state index contributed by atoms with van der Waals surface area (Å²) in [6.07, 6.45) is 0. The minimum absolute atomic E-state index is 0.240. The molecule has 0 bridgehead atoms. The van der Waals surface area contributed by atoms with Gasteiger partial charge in [-0.05, 0) is 38.5 Å². The van der Waals surface area contributed by atoms with Gasteiger partial charge in [-0.3, -0.25) is 0 Å². The first kappa shape index (κ1) is 13.5. The highest BCUT2D eigenvalue weighted by Gasteiger charge is 2.13. The number of nitrogens with zero attached hydrogens (tertiary/aromatic N) is 1. The summed E-state index contributed by atoms with van der Waals surface area (Å²) in [5, 5.41) is 7.53. The first-order valence-electron chi connectivity index (χ1n) is 6.00. The Morgan fingerprint density at radius 2 is 2.06 bits per heavy atom. The Morgan fingerprint density at radius 1 is 1.28 bits per heavy atom. The fourth-order valence-corrected chi connectivity index (χ4v) is 2.82. The number of nitrogens with one attached hydrogen (secondary N) is 1. The predicted molar refractivity (Wildman–Crippen MR) is 78.3 cm³/mol. The summed E-state index contributed by atoms with van der Waals surface area (Å²) < 4.78 is 0. The molecule has 0 aliphatic rings. The average molecular weight is 281 g/mol. The molecule has 2 atom stereocenters. The van der Waals surface area contributed by atoms with Crippen molar-refractivity contribution in [1.29, 1.82) is 0 Å². The van der Waals surface area contributed by atoms with Gasteiger partial charge in [-0.2, -0.15) is 0 Å². The number of aromatic nitrogens is 1. The lowest BCUT2D eigenvalue weighted by atomic mass is 10.1. The topological polar surface area (TPSA) is 24.9 Å². The normalized spacial score (nSPS) is 14.4. The second-order valence-corrected chi connectivity index (χ2v) is 5.96. The van der Waals surface area contributed by atoms with Crippen molar-refractivity contribution in [2.24, 2.45) is 0 Å². The molecule has 1 unspecified atom stereocenters. The first-order valence-corrected chi connectivity index (χ1v) is 7.25. The molecule has 96 valence electrons. The molecule has 0 aliphatic carbocycles. The van der Waals surface area contributed by atoms with Crippen LogP contribution in [0.1, 0.15) is 42.2 Å². The quantitative estimate of drug-likeness (QED) is 0.891. The van der Waals surface area contributed by atoms with Crippen LogP contribution >= 0.6 is 22.9 Å². The van der Waals surface area contributed by atoms with Gasteiger partial charge >= 0.3 is 0 Å². The van der Waals surface area contributed by atoms with Crippen LogP contribution in [-0.4, -0.2) is 4.98 Å². The summed E-state index contributed by atoms with van der Waals surface area (Å²) in [6, 6.07) is 8.45. The van der Waals surface area contributed by atoms with E-state index in [1.54, 1.807) is 11.3 Å². The molecule has 18 heavy (non-hydrogen) atoms. The molecule has 4 heteroatoms. The van der Waals surface area contributed by atoms with Crippen LogP contribution in [0.15, 0.2) is 29.6 Å². The molecular formula is C14H17ClN2S. The van der Waals surface area contributed by atoms with Crippen LogP contribution in [0.4, 0.5) is 0 Å². The Labute approximate surface area is 117 Å². The molecule has 0 radical (unpaired) electrons. The van der Waals surface area contributed by atoms with Crippen molar-refractivity contribution in [3.63, 3.8) is 0 Å². The van der Waals surface area contributed by atoms with Gasteiger partial charge in [0.15, 0.2) is 0 Å². The molecule has 0 fully saturated rings. The number of aryl methyl sites for hydroxylation is 1. The summed E-state index contributed by atoms with van der Waals surface area (Å²) in [4.78, 5) is 4.50. The van der Waals surface area contributed by atoms with E-state index in [0.717, 1.165) is 15.7 Å². The lowest BCUT2D eigenvalue weighted by Gasteiger charge is -2.19. The summed E-state index contributed by atoms with van der Waals surface area (Å²) in [7, 11) is 0. The van der Waals surface area contributed by atoms with E-state index in [9.17, 15) is 0 Å². The van der Waals surface area contributed by atoms with Crippen molar-refractivity contribution in [1.82, 2.24) is 10.3 Å². The van der Waals surface area contributed by atoms with Gasteiger partial charge in [-0.15, -0.1) is 11.3 Å². The number of halogens is 1. The average Bonchev–Trinajstić information content (AvgIpc) is 2.76. The van der Waals surface area contributed by atoms with Gasteiger partial charge in [-0.1, -0.05) is 23.7 Å². The molecule has 0 saturated heterocycles. The standard InChI is InChI=1S/C14H17ClN2S/c1-9(12-5-4-6-13(15)7-12)16-10(2)14-8-18-11(3)17-14/h4-10,16H,1-3H3/t9-,10?/m0/s1. The predicted octanol–water partition coefficient (Wildman–Crippen LogP) is 4.52. The Kier molecular flexibility index (Phi) is 4.38. The van der Waals surface area contributed by atoms with Crippen molar-refractivity contribution in [2.75, 3.05) is 0 Å². The van der Waals surface area contributed by atoms with Crippen molar-refractivity contribution in [2.45, 2.75) is 32.9 Å². The fourth-order valence-electron chi connectivity index (χ4n) is 1.91. The Bertz CT molecular complexity index is 524. The lowest BCUT2D eigenvalue weighted by Crippen LogP contribution is -2.22. The second-order valence-electron chi connectivity index (χ2n) is 4.46. The van der Waals surface area contributed by atoms with E-state index in [1.165, 1.54) is 5.56 Å². The molecule has 0 amide bonds. The van der Waals surface area contributed by atoms with Crippen LogP contribution in [0.3, 0.4) is 0 Å². The lowest BCUT2D eigenvalue weighted by molar-refractivity contribution is 0.487. The van der Waals surface area contributed by atoms with Gasteiger partial charge < -0.3 is 5.32 Å². The van der Waals surface area contributed by atoms with Gasteiger partial charge in [0.2, 0.25) is 0 Å². The van der Waals surface area contributed by atoms with E-state index >= 15 is 0 Å². The van der Waals surface area contributed by atoms with E-state index in [2.05, 4.69) is 35.6 Å². The maximum Gasteiger partial charge on any atom is 0.0898 e. The number of rotatable bonds is 4. The molecule has 0 spiro atoms. The van der Waals surface area contributed by atoms with Gasteiger partial charge in [0.25, 0.3) is 0 Å². The summed E-state index contributed by atoms with van der Waals surface area (Å²) in [5.74, 6) is 0. The molecule has 1 N–H and O–H groups in total. The van der Waals surface area contributed by atoms with Crippen LogP contribution in [0, 0.1) is 6.92 Å². The second kappa shape index (κ2) is 5.83. The van der Waals surface area contributed by atoms with Crippen LogP contribution in [0.5, 0.6) is 0 Å². The zero-order valence-electron chi connectivity index (χ0n) is 10.8. The van der Waals surface area contributed by atoms with Crippen molar-refractivity contribution in [3.8, 4) is 0 Å². The highest BCUT2D eigenvalue weighted by atomic mass is 35.5. The van der Waals surface area contributed by atoms with E-state index in [-0.39, 0.29) is 12.1 Å². The largest absolute Gasteiger partial charge is 0.302 e. The van der Waals surface area contributed by atoms with Crippen molar-refractivity contribution in [3.05, 3.63) is 50.9 Å². The number of thiazole rings is 1. The third-order valence-electron chi connectivity index (χ3n) is 2.93. The van der Waals surface area contributed by atoms with Crippen LogP contribution in [0.25, 0.3) is 0 Å². The zero-order valence-corrected chi connectivity index (χ0v) is 12.3. The van der Waals surface area contributed by atoms with E-state index in [4.69, 9.17) is 11.6 Å². The van der Waals surface area contributed by atoms with Crippen LogP contribution in [-0.2, 0) is 0 Å². The summed E-state index contributed by atoms with van der Waals surface area (Å²) in [5.41, 5.74) is 2.30. The van der Waals surface area contributed by atoms with Gasteiger partial charge in [0, 0.05) is 22.5 Å². The number of hydrogen-bond acceptors (Lipinski definition) is 3. The molecule has 1 aromatic heterocycles. The molecule has 1 aromatic carbocycles. The summed E-state index contributed by atoms with van der Waals surface area (Å²) in [6.45, 7) is 6.30. The maximum atomic E-state index is 6.01. The third kappa shape index (κ3) is 3.31. The van der Waals surface area contributed by atoms with Crippen LogP contribution < -0.4 is 5.32 Å². The van der Waals surface area contributed by atoms with E-state index in [0.29, 0.717) is 0 Å². The molecular weight excluding hydrogens is 264 g/mol. The number of hydrogen-bond donors (Lipinski definition) is 1. The smallest absolute Gasteiger partial charge is 0.0898 e. The zero-order chi connectivity index (χ0) is 13.1. The van der Waals surface area contributed by atoms with E-state index < -0.39 is 0 Å². The molecule has 0 saturated carbocycles. The molecule has 2 rings (SSSR count). The van der Waals surface area contributed by atoms with Gasteiger partial charge in [0.1, 0.15) is 0 Å². The Balaban J connectivity index is 2.05. The molecule has 2 aromatic rings. The summed E-state index contributed by atoms with van der Waals surface area (Å²) >= 11 is 7.69. The minimum atomic E-state index is 0.240. The van der Waals surface area contributed by atoms with E-state index in [1.807, 2.05) is 25.1 Å². The first-order chi connectivity index (χ1) is 8.56. The van der Waals surface area contributed by atoms with Crippen molar-refractivity contribution >= 4 is 22.9 Å². The van der Waals surface area contributed by atoms with Crippen LogP contribution in [0.2, 0.25) is 5.02 Å². The molecule has 0 aliphatic heterocycles. The Morgan fingerprint density at radius 3 is 2.67 bits per heavy atom. The van der Waals surface area contributed by atoms with Crippen molar-refractivity contribution < 1.29 is 0 Å². The highest BCUT2D eigenvalue weighted by molar-refractivity contribution is 7.09. The third-order valence-corrected chi connectivity index (χ3v) is 3.96. The molecule has 1 heterocycles. The Hall–Kier alpha value is -0.900. The van der Waals surface area contributed by atoms with Gasteiger partial charge in [-0.25, -0.2) is 4.98 Å². The highest BCUT2D eigenvalue weighted by Crippen LogP contribution is 2.22.